The minimum absolute atomic E-state index is 0.147. The summed E-state index contributed by atoms with van der Waals surface area (Å²) in [6, 6.07) is 7.72. The second-order valence-corrected chi connectivity index (χ2v) is 6.85. The monoisotopic (exact) mass is 281 g/mol. The highest BCUT2D eigenvalue weighted by molar-refractivity contribution is 6.30. The maximum atomic E-state index is 11.0. The second kappa shape index (κ2) is 5.43. The molecule has 1 saturated carbocycles. The van der Waals surface area contributed by atoms with Crippen LogP contribution in [0.5, 0.6) is 0 Å². The van der Waals surface area contributed by atoms with Crippen molar-refractivity contribution in [2.45, 2.75) is 45.1 Å². The fraction of sp³-hybridized carbons (Fsp3) is 0.625. The molecule has 3 N–H and O–H groups in total. The maximum absolute atomic E-state index is 11.0. The summed E-state index contributed by atoms with van der Waals surface area (Å²) in [5.74, 6) is 0.653. The van der Waals surface area contributed by atoms with Gasteiger partial charge in [-0.2, -0.15) is 0 Å². The van der Waals surface area contributed by atoms with Gasteiger partial charge in [-0.15, -0.1) is 0 Å². The van der Waals surface area contributed by atoms with E-state index < -0.39 is 5.60 Å². The number of rotatable bonds is 4. The lowest BCUT2D eigenvalue weighted by Gasteiger charge is -2.42. The van der Waals surface area contributed by atoms with Crippen LogP contribution >= 0.6 is 11.6 Å². The molecule has 1 aliphatic rings. The van der Waals surface area contributed by atoms with Gasteiger partial charge in [0.1, 0.15) is 0 Å². The quantitative estimate of drug-likeness (QED) is 0.888. The van der Waals surface area contributed by atoms with Crippen molar-refractivity contribution in [3.8, 4) is 0 Å². The van der Waals surface area contributed by atoms with Gasteiger partial charge in [-0.1, -0.05) is 37.1 Å². The topological polar surface area (TPSA) is 46.2 Å². The minimum Gasteiger partial charge on any atom is -0.389 e. The highest BCUT2D eigenvalue weighted by atomic mass is 35.5. The largest absolute Gasteiger partial charge is 0.389 e. The fourth-order valence-electron chi connectivity index (χ4n) is 3.48. The Morgan fingerprint density at radius 1 is 1.42 bits per heavy atom. The van der Waals surface area contributed by atoms with Crippen LogP contribution < -0.4 is 5.73 Å². The van der Waals surface area contributed by atoms with Gasteiger partial charge in [-0.25, -0.2) is 0 Å². The predicted molar refractivity (Wildman–Crippen MR) is 80.3 cm³/mol. The van der Waals surface area contributed by atoms with Gasteiger partial charge in [-0.05, 0) is 43.4 Å². The highest BCUT2D eigenvalue weighted by Gasteiger charge is 2.49. The summed E-state index contributed by atoms with van der Waals surface area (Å²) >= 11 is 5.90. The Balaban J connectivity index is 2.18. The van der Waals surface area contributed by atoms with Crippen LogP contribution in [0.3, 0.4) is 0 Å². The molecule has 0 spiro atoms. The van der Waals surface area contributed by atoms with E-state index in [9.17, 15) is 5.11 Å². The van der Waals surface area contributed by atoms with E-state index >= 15 is 0 Å². The Bertz CT molecular complexity index is 429. The van der Waals surface area contributed by atoms with E-state index in [4.69, 9.17) is 17.3 Å². The van der Waals surface area contributed by atoms with Crippen molar-refractivity contribution in [3.05, 3.63) is 34.9 Å². The Kier molecular flexibility index (Phi) is 4.24. The van der Waals surface area contributed by atoms with Crippen molar-refractivity contribution in [1.29, 1.82) is 0 Å². The van der Waals surface area contributed by atoms with Gasteiger partial charge in [0.05, 0.1) is 5.60 Å². The van der Waals surface area contributed by atoms with E-state index in [2.05, 4.69) is 6.92 Å². The molecule has 0 aromatic heterocycles. The molecule has 0 bridgehead atoms. The molecule has 2 nitrogen and oxygen atoms in total. The van der Waals surface area contributed by atoms with Crippen molar-refractivity contribution >= 4 is 11.6 Å². The molecular formula is C16H24ClNO. The zero-order valence-corrected chi connectivity index (χ0v) is 12.6. The van der Waals surface area contributed by atoms with Crippen LogP contribution in [0.25, 0.3) is 0 Å². The summed E-state index contributed by atoms with van der Waals surface area (Å²) in [6.45, 7) is 4.74. The van der Waals surface area contributed by atoms with E-state index in [0.29, 0.717) is 18.9 Å². The standard InChI is InChI=1S/C16H24ClNO/c1-12-7-8-16(9-12,11-18)15(2,19)10-13-3-5-14(17)6-4-13/h3-6,12,19H,7-11,18H2,1-2H3. The highest BCUT2D eigenvalue weighted by Crippen LogP contribution is 2.49. The first kappa shape index (κ1) is 14.8. The number of hydrogen-bond donors (Lipinski definition) is 2. The van der Waals surface area contributed by atoms with Crippen LogP contribution in [0.15, 0.2) is 24.3 Å². The van der Waals surface area contributed by atoms with Gasteiger partial charge in [0, 0.05) is 23.4 Å². The van der Waals surface area contributed by atoms with E-state index in [-0.39, 0.29) is 5.41 Å². The SMILES string of the molecule is CC1CCC(CN)(C(C)(O)Cc2ccc(Cl)cc2)C1. The van der Waals surface area contributed by atoms with Crippen LogP contribution in [-0.4, -0.2) is 17.3 Å². The molecule has 2 rings (SSSR count). The molecule has 106 valence electrons. The summed E-state index contributed by atoms with van der Waals surface area (Å²) < 4.78 is 0. The smallest absolute Gasteiger partial charge is 0.0728 e. The van der Waals surface area contributed by atoms with Crippen LogP contribution in [-0.2, 0) is 6.42 Å². The molecular weight excluding hydrogens is 258 g/mol. The number of hydrogen-bond acceptors (Lipinski definition) is 2. The van der Waals surface area contributed by atoms with Gasteiger partial charge in [-0.3, -0.25) is 0 Å². The van der Waals surface area contributed by atoms with Crippen molar-refractivity contribution in [1.82, 2.24) is 0 Å². The van der Waals surface area contributed by atoms with E-state index in [1.165, 1.54) is 0 Å². The third-order valence-electron chi connectivity index (χ3n) is 4.85. The van der Waals surface area contributed by atoms with Crippen molar-refractivity contribution in [3.63, 3.8) is 0 Å². The van der Waals surface area contributed by atoms with Crippen LogP contribution in [0.4, 0.5) is 0 Å². The normalized spacial score (nSPS) is 30.3. The van der Waals surface area contributed by atoms with Crippen LogP contribution in [0.1, 0.15) is 38.7 Å². The molecule has 3 unspecified atom stereocenters. The Labute approximate surface area is 121 Å². The molecule has 0 radical (unpaired) electrons. The van der Waals surface area contributed by atoms with Gasteiger partial charge in [0.2, 0.25) is 0 Å². The van der Waals surface area contributed by atoms with Crippen molar-refractivity contribution in [2.24, 2.45) is 17.1 Å². The third kappa shape index (κ3) is 2.96. The Morgan fingerprint density at radius 2 is 2.05 bits per heavy atom. The van der Waals surface area contributed by atoms with Crippen molar-refractivity contribution in [2.75, 3.05) is 6.54 Å². The lowest BCUT2D eigenvalue weighted by Crippen LogP contribution is -2.50. The minimum atomic E-state index is -0.764. The summed E-state index contributed by atoms with van der Waals surface area (Å²) in [5, 5.41) is 11.7. The Hall–Kier alpha value is -0.570. The van der Waals surface area contributed by atoms with Gasteiger partial charge >= 0.3 is 0 Å². The zero-order chi connectivity index (χ0) is 14.1. The summed E-state index contributed by atoms with van der Waals surface area (Å²) in [5.41, 5.74) is 6.22. The maximum Gasteiger partial charge on any atom is 0.0728 e. The first-order valence-corrected chi connectivity index (χ1v) is 7.43. The molecule has 1 aliphatic carbocycles. The number of nitrogens with two attached hydrogens (primary N) is 1. The van der Waals surface area contributed by atoms with E-state index in [0.717, 1.165) is 29.8 Å². The average Bonchev–Trinajstić information content (AvgIpc) is 2.75. The molecule has 0 heterocycles. The lowest BCUT2D eigenvalue weighted by atomic mass is 9.68. The lowest BCUT2D eigenvalue weighted by molar-refractivity contribution is -0.0642. The molecule has 0 amide bonds. The molecule has 3 heteroatoms. The summed E-state index contributed by atoms with van der Waals surface area (Å²) in [7, 11) is 0. The van der Waals surface area contributed by atoms with Crippen molar-refractivity contribution < 1.29 is 5.11 Å². The number of benzene rings is 1. The van der Waals surface area contributed by atoms with Gasteiger partial charge in [0.25, 0.3) is 0 Å². The first-order chi connectivity index (χ1) is 8.88. The zero-order valence-electron chi connectivity index (χ0n) is 11.8. The molecule has 3 atom stereocenters. The van der Waals surface area contributed by atoms with Crippen LogP contribution in [0, 0.1) is 11.3 Å². The third-order valence-corrected chi connectivity index (χ3v) is 5.10. The van der Waals surface area contributed by atoms with E-state index in [1.54, 1.807) is 0 Å². The summed E-state index contributed by atoms with van der Waals surface area (Å²) in [6.07, 6.45) is 3.83. The number of aliphatic hydroxyl groups is 1. The molecule has 19 heavy (non-hydrogen) atoms. The van der Waals surface area contributed by atoms with E-state index in [1.807, 2.05) is 31.2 Å². The molecule has 0 saturated heterocycles. The molecule has 1 aromatic rings. The Morgan fingerprint density at radius 3 is 2.53 bits per heavy atom. The van der Waals surface area contributed by atoms with Gasteiger partial charge < -0.3 is 10.8 Å². The van der Waals surface area contributed by atoms with Gasteiger partial charge in [0.15, 0.2) is 0 Å². The number of halogens is 1. The second-order valence-electron chi connectivity index (χ2n) is 6.41. The fourth-order valence-corrected chi connectivity index (χ4v) is 3.60. The van der Waals surface area contributed by atoms with Crippen LogP contribution in [0.2, 0.25) is 5.02 Å². The molecule has 0 aliphatic heterocycles. The first-order valence-electron chi connectivity index (χ1n) is 7.05. The average molecular weight is 282 g/mol. The molecule has 1 fully saturated rings. The predicted octanol–water partition coefficient (Wildman–Crippen LogP) is 3.40. The molecule has 1 aromatic carbocycles. The summed E-state index contributed by atoms with van der Waals surface area (Å²) in [4.78, 5) is 0.